The summed E-state index contributed by atoms with van der Waals surface area (Å²) in [7, 11) is 0. The molecule has 0 bridgehead atoms. The third-order valence-electron chi connectivity index (χ3n) is 2.43. The predicted molar refractivity (Wildman–Crippen MR) is 63.0 cm³/mol. The number of aliphatic hydroxyl groups is 1. The second-order valence-corrected chi connectivity index (χ2v) is 4.64. The van der Waals surface area contributed by atoms with Gasteiger partial charge in [0.25, 0.3) is 0 Å². The standard InChI is InChI=1S/C12H17N3O/c1-9-4-5-14-11(10(9)6-13)15-7-12(2,3)8-16/h4-5,16H,7-8H2,1-3H3,(H,14,15). The zero-order valence-electron chi connectivity index (χ0n) is 9.91. The summed E-state index contributed by atoms with van der Waals surface area (Å²) in [6.07, 6.45) is 1.67. The van der Waals surface area contributed by atoms with Crippen molar-refractivity contribution in [2.45, 2.75) is 20.8 Å². The van der Waals surface area contributed by atoms with Gasteiger partial charge in [0.05, 0.1) is 5.56 Å². The first-order valence-corrected chi connectivity index (χ1v) is 5.20. The number of hydrogen-bond donors (Lipinski definition) is 2. The maximum absolute atomic E-state index is 9.13. The molecule has 2 N–H and O–H groups in total. The van der Waals surface area contributed by atoms with Crippen molar-refractivity contribution >= 4 is 5.82 Å². The number of nitrogens with zero attached hydrogens (tertiary/aromatic N) is 2. The molecule has 0 aliphatic rings. The molecule has 0 spiro atoms. The first-order valence-electron chi connectivity index (χ1n) is 5.20. The number of pyridine rings is 1. The largest absolute Gasteiger partial charge is 0.396 e. The lowest BCUT2D eigenvalue weighted by atomic mass is 9.95. The van der Waals surface area contributed by atoms with Crippen LogP contribution in [0.3, 0.4) is 0 Å². The van der Waals surface area contributed by atoms with Crippen molar-refractivity contribution in [2.75, 3.05) is 18.5 Å². The van der Waals surface area contributed by atoms with Gasteiger partial charge in [-0.25, -0.2) is 4.98 Å². The topological polar surface area (TPSA) is 68.9 Å². The number of nitriles is 1. The van der Waals surface area contributed by atoms with Crippen LogP contribution in [0.15, 0.2) is 12.3 Å². The number of nitrogens with one attached hydrogen (secondary N) is 1. The van der Waals surface area contributed by atoms with E-state index in [2.05, 4.69) is 16.4 Å². The second-order valence-electron chi connectivity index (χ2n) is 4.64. The fourth-order valence-electron chi connectivity index (χ4n) is 1.21. The molecule has 0 aliphatic heterocycles. The fraction of sp³-hybridized carbons (Fsp3) is 0.500. The highest BCUT2D eigenvalue weighted by Gasteiger charge is 2.17. The molecule has 0 fully saturated rings. The minimum atomic E-state index is -0.224. The van der Waals surface area contributed by atoms with Crippen LogP contribution in [0.25, 0.3) is 0 Å². The van der Waals surface area contributed by atoms with Gasteiger partial charge in [0.15, 0.2) is 0 Å². The van der Waals surface area contributed by atoms with Crippen molar-refractivity contribution in [3.8, 4) is 6.07 Å². The van der Waals surface area contributed by atoms with Crippen LogP contribution in [0.5, 0.6) is 0 Å². The van der Waals surface area contributed by atoms with E-state index in [-0.39, 0.29) is 12.0 Å². The molecule has 1 rings (SSSR count). The summed E-state index contributed by atoms with van der Waals surface area (Å²) in [5, 5.41) is 21.2. The molecule has 86 valence electrons. The Labute approximate surface area is 95.9 Å². The number of hydrogen-bond acceptors (Lipinski definition) is 4. The molecule has 1 heterocycles. The number of rotatable bonds is 4. The molecule has 0 unspecified atom stereocenters. The van der Waals surface area contributed by atoms with Gasteiger partial charge >= 0.3 is 0 Å². The number of aryl methyl sites for hydroxylation is 1. The minimum absolute atomic E-state index is 0.0910. The molecule has 0 radical (unpaired) electrons. The smallest absolute Gasteiger partial charge is 0.144 e. The Morgan fingerprint density at radius 3 is 2.81 bits per heavy atom. The molecule has 4 heteroatoms. The third kappa shape index (κ3) is 2.94. The van der Waals surface area contributed by atoms with Crippen molar-refractivity contribution in [3.05, 3.63) is 23.4 Å². The van der Waals surface area contributed by atoms with Crippen LogP contribution in [0.2, 0.25) is 0 Å². The van der Waals surface area contributed by atoms with Crippen molar-refractivity contribution < 1.29 is 5.11 Å². The fourth-order valence-corrected chi connectivity index (χ4v) is 1.21. The second kappa shape index (κ2) is 4.95. The molecule has 16 heavy (non-hydrogen) atoms. The molecular weight excluding hydrogens is 202 g/mol. The lowest BCUT2D eigenvalue weighted by Crippen LogP contribution is -2.27. The summed E-state index contributed by atoms with van der Waals surface area (Å²) in [5.74, 6) is 0.587. The van der Waals surface area contributed by atoms with Crippen LogP contribution in [-0.4, -0.2) is 23.2 Å². The van der Waals surface area contributed by atoms with Gasteiger partial charge in [-0.3, -0.25) is 0 Å². The zero-order valence-corrected chi connectivity index (χ0v) is 9.91. The van der Waals surface area contributed by atoms with Crippen molar-refractivity contribution in [1.29, 1.82) is 5.26 Å². The number of anilines is 1. The van der Waals surface area contributed by atoms with Gasteiger partial charge in [-0.15, -0.1) is 0 Å². The Morgan fingerprint density at radius 1 is 1.56 bits per heavy atom. The van der Waals surface area contributed by atoms with E-state index in [9.17, 15) is 0 Å². The zero-order chi connectivity index (χ0) is 12.2. The highest BCUT2D eigenvalue weighted by Crippen LogP contribution is 2.18. The van der Waals surface area contributed by atoms with Crippen LogP contribution in [-0.2, 0) is 0 Å². The number of aliphatic hydroxyl groups excluding tert-OH is 1. The Hall–Kier alpha value is -1.60. The van der Waals surface area contributed by atoms with E-state index in [1.54, 1.807) is 12.3 Å². The van der Waals surface area contributed by atoms with Crippen LogP contribution in [0, 0.1) is 23.7 Å². The van der Waals surface area contributed by atoms with Gasteiger partial charge in [-0.05, 0) is 18.6 Å². The summed E-state index contributed by atoms with van der Waals surface area (Å²) in [6.45, 7) is 6.44. The lowest BCUT2D eigenvalue weighted by molar-refractivity contribution is 0.170. The first-order chi connectivity index (χ1) is 7.50. The van der Waals surface area contributed by atoms with Crippen molar-refractivity contribution in [3.63, 3.8) is 0 Å². The normalized spacial score (nSPS) is 10.9. The van der Waals surface area contributed by atoms with Crippen LogP contribution >= 0.6 is 0 Å². The minimum Gasteiger partial charge on any atom is -0.396 e. The van der Waals surface area contributed by atoms with Gasteiger partial charge in [0, 0.05) is 24.8 Å². The maximum atomic E-state index is 9.13. The van der Waals surface area contributed by atoms with E-state index in [0.717, 1.165) is 5.56 Å². The molecule has 0 aliphatic carbocycles. The van der Waals surface area contributed by atoms with Gasteiger partial charge in [0.1, 0.15) is 11.9 Å². The van der Waals surface area contributed by atoms with Crippen LogP contribution < -0.4 is 5.32 Å². The third-order valence-corrected chi connectivity index (χ3v) is 2.43. The Balaban J connectivity index is 2.83. The molecule has 0 atom stereocenters. The molecular formula is C12H17N3O. The molecule has 4 nitrogen and oxygen atoms in total. The Bertz CT molecular complexity index is 407. The molecule has 0 aromatic carbocycles. The molecule has 1 aromatic heterocycles. The van der Waals surface area contributed by atoms with Crippen LogP contribution in [0.4, 0.5) is 5.82 Å². The molecule has 0 saturated heterocycles. The van der Waals surface area contributed by atoms with E-state index in [4.69, 9.17) is 10.4 Å². The molecule has 0 saturated carbocycles. The summed E-state index contributed by atoms with van der Waals surface area (Å²) >= 11 is 0. The summed E-state index contributed by atoms with van der Waals surface area (Å²) in [5.41, 5.74) is 1.25. The summed E-state index contributed by atoms with van der Waals surface area (Å²) in [4.78, 5) is 4.13. The van der Waals surface area contributed by atoms with E-state index < -0.39 is 0 Å². The van der Waals surface area contributed by atoms with Crippen molar-refractivity contribution in [2.24, 2.45) is 5.41 Å². The highest BCUT2D eigenvalue weighted by molar-refractivity contribution is 5.55. The number of aromatic nitrogens is 1. The van der Waals surface area contributed by atoms with E-state index in [1.165, 1.54) is 0 Å². The Morgan fingerprint density at radius 2 is 2.25 bits per heavy atom. The highest BCUT2D eigenvalue weighted by atomic mass is 16.3. The SMILES string of the molecule is Cc1ccnc(NCC(C)(C)CO)c1C#N. The van der Waals surface area contributed by atoms with Crippen molar-refractivity contribution in [1.82, 2.24) is 4.98 Å². The first kappa shape index (κ1) is 12.5. The van der Waals surface area contributed by atoms with Gasteiger partial charge in [-0.2, -0.15) is 5.26 Å². The van der Waals surface area contributed by atoms with E-state index in [1.807, 2.05) is 20.8 Å². The average molecular weight is 219 g/mol. The average Bonchev–Trinajstić information content (AvgIpc) is 2.26. The summed E-state index contributed by atoms with van der Waals surface area (Å²) < 4.78 is 0. The lowest BCUT2D eigenvalue weighted by Gasteiger charge is -2.22. The Kier molecular flexibility index (Phi) is 3.86. The molecule has 1 aromatic rings. The van der Waals surface area contributed by atoms with E-state index in [0.29, 0.717) is 17.9 Å². The van der Waals surface area contributed by atoms with Gasteiger partial charge < -0.3 is 10.4 Å². The predicted octanol–water partition coefficient (Wildman–Crippen LogP) is 1.69. The molecule has 0 amide bonds. The quantitative estimate of drug-likeness (QED) is 0.808. The van der Waals surface area contributed by atoms with Crippen LogP contribution in [0.1, 0.15) is 25.0 Å². The van der Waals surface area contributed by atoms with Gasteiger partial charge in [-0.1, -0.05) is 13.8 Å². The summed E-state index contributed by atoms with van der Waals surface area (Å²) in [6, 6.07) is 3.94. The monoisotopic (exact) mass is 219 g/mol. The van der Waals surface area contributed by atoms with E-state index >= 15 is 0 Å². The maximum Gasteiger partial charge on any atom is 0.144 e. The van der Waals surface area contributed by atoms with Gasteiger partial charge in [0.2, 0.25) is 0 Å².